The largest absolute Gasteiger partial charge is 0.508 e. The summed E-state index contributed by atoms with van der Waals surface area (Å²) in [7, 11) is -0.548. The summed E-state index contributed by atoms with van der Waals surface area (Å²) in [5.41, 5.74) is 3.44. The third-order valence-corrected chi connectivity index (χ3v) is 13.0. The molecule has 204 valence electrons. The van der Waals surface area contributed by atoms with E-state index in [0.29, 0.717) is 30.4 Å². The number of hydrogen-bond donors (Lipinski definition) is 2. The van der Waals surface area contributed by atoms with Crippen molar-refractivity contribution in [1.29, 1.82) is 0 Å². The lowest BCUT2D eigenvalue weighted by Crippen LogP contribution is -2.40. The maximum absolute atomic E-state index is 12.2. The van der Waals surface area contributed by atoms with Gasteiger partial charge in [-0.3, -0.25) is 4.79 Å². The fourth-order valence-corrected chi connectivity index (χ4v) is 5.85. The Labute approximate surface area is 228 Å². The minimum atomic E-state index is -1.96. The molecule has 1 saturated carbocycles. The molecule has 1 aliphatic rings. The second kappa shape index (κ2) is 11.9. The first kappa shape index (κ1) is 29.7. The van der Waals surface area contributed by atoms with Crippen LogP contribution in [0.25, 0.3) is 0 Å². The highest BCUT2D eigenvalue weighted by Gasteiger charge is 2.39. The molecular weight excluding hydrogens is 504 g/mol. The second-order valence-electron chi connectivity index (χ2n) is 12.0. The molecule has 2 N–H and O–H groups in total. The van der Waals surface area contributed by atoms with E-state index in [4.69, 9.17) is 20.8 Å². The lowest BCUT2D eigenvalue weighted by molar-refractivity contribution is -0.145. The molecule has 1 aliphatic carbocycles. The van der Waals surface area contributed by atoms with E-state index in [1.54, 1.807) is 12.1 Å². The minimum Gasteiger partial charge on any atom is -0.508 e. The van der Waals surface area contributed by atoms with Crippen molar-refractivity contribution in [1.82, 2.24) is 0 Å². The fourth-order valence-electron chi connectivity index (χ4n) is 4.70. The van der Waals surface area contributed by atoms with E-state index >= 15 is 0 Å². The molecule has 3 atom stereocenters. The summed E-state index contributed by atoms with van der Waals surface area (Å²) in [6, 6.07) is 11.2. The van der Waals surface area contributed by atoms with E-state index < -0.39 is 14.4 Å². The minimum absolute atomic E-state index is 0.0375. The Balaban J connectivity index is 1.71. The number of carbonyl (C=O) groups is 1. The standard InChI is InChI=1S/C30H43ClO5Si/c1-19(29(34)35-5)28(21-9-10-21)22-11-8-20(27(33)17-22)12-15-26(32)25-14-13-24(31)16-23(25)18-36-37(6,7)30(2,3)4/h8,11,13-14,16-17,19,21,26,28,32-33H,9-10,12,15,18H2,1-7H3/t19-,26?,28-/m0/s1. The first-order chi connectivity index (χ1) is 17.2. The quantitative estimate of drug-likeness (QED) is 0.225. The Morgan fingerprint density at radius 1 is 1.14 bits per heavy atom. The van der Waals surface area contributed by atoms with Crippen LogP contribution in [0.4, 0.5) is 0 Å². The van der Waals surface area contributed by atoms with Crippen LogP contribution in [-0.2, 0) is 27.0 Å². The van der Waals surface area contributed by atoms with Crippen molar-refractivity contribution in [2.45, 2.75) is 90.1 Å². The van der Waals surface area contributed by atoms with E-state index in [9.17, 15) is 15.0 Å². The number of halogens is 1. The number of hydrogen-bond acceptors (Lipinski definition) is 5. The Morgan fingerprint density at radius 2 is 1.81 bits per heavy atom. The number of phenols is 1. The van der Waals surface area contributed by atoms with Crippen LogP contribution in [0.1, 0.15) is 81.2 Å². The van der Waals surface area contributed by atoms with E-state index in [1.165, 1.54) is 7.11 Å². The summed E-state index contributed by atoms with van der Waals surface area (Å²) in [6.45, 7) is 13.3. The van der Waals surface area contributed by atoms with Crippen molar-refractivity contribution >= 4 is 25.9 Å². The van der Waals surface area contributed by atoms with Gasteiger partial charge >= 0.3 is 5.97 Å². The van der Waals surface area contributed by atoms with Crippen LogP contribution in [0.15, 0.2) is 36.4 Å². The van der Waals surface area contributed by atoms with Crippen molar-refractivity contribution in [2.75, 3.05) is 7.11 Å². The van der Waals surface area contributed by atoms with Gasteiger partial charge in [-0.15, -0.1) is 0 Å². The van der Waals surface area contributed by atoms with Crippen molar-refractivity contribution in [3.63, 3.8) is 0 Å². The molecule has 0 heterocycles. The van der Waals surface area contributed by atoms with Gasteiger partial charge in [0.1, 0.15) is 5.75 Å². The monoisotopic (exact) mass is 546 g/mol. The Hall–Kier alpha value is -1.86. The van der Waals surface area contributed by atoms with Gasteiger partial charge in [0.05, 0.1) is 25.7 Å². The van der Waals surface area contributed by atoms with Gasteiger partial charge in [-0.05, 0) is 96.1 Å². The zero-order chi connectivity index (χ0) is 27.5. The van der Waals surface area contributed by atoms with Crippen LogP contribution in [0, 0.1) is 11.8 Å². The number of esters is 1. The van der Waals surface area contributed by atoms with Gasteiger partial charge < -0.3 is 19.4 Å². The number of benzene rings is 2. The van der Waals surface area contributed by atoms with E-state index in [1.807, 2.05) is 31.2 Å². The highest BCUT2D eigenvalue weighted by Crippen LogP contribution is 2.47. The molecule has 0 amide bonds. The fraction of sp³-hybridized carbons (Fsp3) is 0.567. The summed E-state index contributed by atoms with van der Waals surface area (Å²) >= 11 is 6.29. The average Bonchev–Trinajstić information content (AvgIpc) is 3.66. The number of aliphatic hydroxyl groups excluding tert-OH is 1. The number of aryl methyl sites for hydroxylation is 1. The molecule has 1 unspecified atom stereocenters. The van der Waals surface area contributed by atoms with Crippen molar-refractivity contribution in [3.05, 3.63) is 63.7 Å². The normalized spacial score (nSPS) is 16.8. The summed E-state index contributed by atoms with van der Waals surface area (Å²) in [5, 5.41) is 22.6. The first-order valence-electron chi connectivity index (χ1n) is 13.2. The molecule has 3 rings (SSSR count). The van der Waals surface area contributed by atoms with Crippen LogP contribution in [0.3, 0.4) is 0 Å². The van der Waals surface area contributed by atoms with Crippen LogP contribution >= 0.6 is 11.6 Å². The highest BCUT2D eigenvalue weighted by atomic mass is 35.5. The lowest BCUT2D eigenvalue weighted by Gasteiger charge is -2.36. The molecule has 37 heavy (non-hydrogen) atoms. The summed E-state index contributed by atoms with van der Waals surface area (Å²) < 4.78 is 11.4. The van der Waals surface area contributed by atoms with Crippen LogP contribution in [0.2, 0.25) is 23.2 Å². The van der Waals surface area contributed by atoms with Crippen LogP contribution < -0.4 is 0 Å². The number of aromatic hydroxyl groups is 1. The third kappa shape index (κ3) is 7.38. The average molecular weight is 547 g/mol. The molecule has 2 aromatic rings. The van der Waals surface area contributed by atoms with E-state index in [-0.39, 0.29) is 28.6 Å². The third-order valence-electron chi connectivity index (χ3n) is 8.28. The molecule has 0 aromatic heterocycles. The molecule has 0 bridgehead atoms. The SMILES string of the molecule is COC(=O)[C@@H](C)[C@H](c1ccc(CCC(O)c2ccc(Cl)cc2CO[Si](C)(C)C(C)(C)C)c(O)c1)C1CC1. The molecule has 0 saturated heterocycles. The van der Waals surface area contributed by atoms with E-state index in [2.05, 4.69) is 33.9 Å². The molecule has 0 spiro atoms. The number of aliphatic hydroxyl groups is 1. The maximum atomic E-state index is 12.2. The summed E-state index contributed by atoms with van der Waals surface area (Å²) in [4.78, 5) is 12.2. The van der Waals surface area contributed by atoms with Gasteiger partial charge in [-0.2, -0.15) is 0 Å². The summed E-state index contributed by atoms with van der Waals surface area (Å²) in [6.07, 6.45) is 2.42. The molecule has 0 radical (unpaired) electrons. The lowest BCUT2D eigenvalue weighted by atomic mass is 9.82. The molecule has 5 nitrogen and oxygen atoms in total. The topological polar surface area (TPSA) is 76.0 Å². The van der Waals surface area contributed by atoms with Crippen LogP contribution in [0.5, 0.6) is 5.75 Å². The Kier molecular flexibility index (Phi) is 9.54. The Bertz CT molecular complexity index is 1090. The zero-order valence-corrected chi connectivity index (χ0v) is 25.1. The Morgan fingerprint density at radius 3 is 2.38 bits per heavy atom. The second-order valence-corrected chi connectivity index (χ2v) is 17.3. The first-order valence-corrected chi connectivity index (χ1v) is 16.5. The van der Waals surface area contributed by atoms with Crippen molar-refractivity contribution < 1.29 is 24.2 Å². The van der Waals surface area contributed by atoms with Crippen molar-refractivity contribution in [2.24, 2.45) is 11.8 Å². The number of phenolic OH excluding ortho intramolecular Hbond substituents is 1. The smallest absolute Gasteiger partial charge is 0.309 e. The van der Waals surface area contributed by atoms with Gasteiger partial charge in [0.2, 0.25) is 0 Å². The van der Waals surface area contributed by atoms with Crippen molar-refractivity contribution in [3.8, 4) is 5.75 Å². The van der Waals surface area contributed by atoms with Gasteiger partial charge in [-0.25, -0.2) is 0 Å². The maximum Gasteiger partial charge on any atom is 0.309 e. The number of rotatable bonds is 11. The molecule has 2 aromatic carbocycles. The van der Waals surface area contributed by atoms with Gasteiger partial charge in [0.25, 0.3) is 0 Å². The van der Waals surface area contributed by atoms with Crippen LogP contribution in [-0.4, -0.2) is 31.6 Å². The molecule has 0 aliphatic heterocycles. The highest BCUT2D eigenvalue weighted by molar-refractivity contribution is 6.74. The number of methoxy groups -OCH3 is 1. The molecular formula is C30H43ClO5Si. The molecule has 7 heteroatoms. The zero-order valence-electron chi connectivity index (χ0n) is 23.3. The number of ether oxygens (including phenoxy) is 1. The molecule has 1 fully saturated rings. The summed E-state index contributed by atoms with van der Waals surface area (Å²) in [5.74, 6) is 0.194. The predicted octanol–water partition coefficient (Wildman–Crippen LogP) is 7.54. The van der Waals surface area contributed by atoms with Gasteiger partial charge in [0, 0.05) is 5.02 Å². The van der Waals surface area contributed by atoms with Gasteiger partial charge in [-0.1, -0.05) is 57.5 Å². The van der Waals surface area contributed by atoms with Gasteiger partial charge in [0.15, 0.2) is 8.32 Å². The predicted molar refractivity (Wildman–Crippen MR) is 151 cm³/mol. The van der Waals surface area contributed by atoms with E-state index in [0.717, 1.165) is 35.1 Å². The number of carbonyl (C=O) groups excluding carboxylic acids is 1.